The van der Waals surface area contributed by atoms with Crippen molar-refractivity contribution in [1.82, 2.24) is 19.6 Å². The van der Waals surface area contributed by atoms with Gasteiger partial charge in [-0.15, -0.1) is 22.7 Å². The zero-order chi connectivity index (χ0) is 33.7. The molecular weight excluding hydrogens is 677 g/mol. The van der Waals surface area contributed by atoms with Crippen molar-refractivity contribution in [3.63, 3.8) is 0 Å². The molecule has 0 fully saturated rings. The van der Waals surface area contributed by atoms with Crippen LogP contribution in [-0.4, -0.2) is 45.7 Å². The number of hydrogen-bond acceptors (Lipinski definition) is 8. The van der Waals surface area contributed by atoms with Gasteiger partial charge in [-0.2, -0.15) is 18.6 Å². The van der Waals surface area contributed by atoms with Crippen molar-refractivity contribution in [3.05, 3.63) is 122 Å². The third-order valence-corrected chi connectivity index (χ3v) is 12.6. The van der Waals surface area contributed by atoms with Crippen LogP contribution in [0, 0.1) is 13.8 Å². The van der Waals surface area contributed by atoms with Crippen molar-refractivity contribution < 1.29 is 22.4 Å². The maximum atomic E-state index is 11.9. The van der Waals surface area contributed by atoms with Crippen molar-refractivity contribution in [2.75, 3.05) is 13.2 Å². The first-order valence-corrected chi connectivity index (χ1v) is 19.5. The number of aromatic nitrogens is 4. The van der Waals surface area contributed by atoms with Gasteiger partial charge in [0.2, 0.25) is 0 Å². The fourth-order valence-corrected chi connectivity index (χ4v) is 9.65. The highest BCUT2D eigenvalue weighted by atomic mass is 32.3. The number of ether oxygens (including phenoxy) is 2. The van der Waals surface area contributed by atoms with Gasteiger partial charge in [0, 0.05) is 37.2 Å². The van der Waals surface area contributed by atoms with E-state index >= 15 is 0 Å². The number of aryl methyl sites for hydroxylation is 2. The van der Waals surface area contributed by atoms with Crippen LogP contribution in [0.25, 0.3) is 21.1 Å². The molecule has 0 atom stereocenters. The predicted molar refractivity (Wildman–Crippen MR) is 191 cm³/mol. The molecule has 1 N–H and O–H groups in total. The summed E-state index contributed by atoms with van der Waals surface area (Å²) < 4.78 is 49.7. The molecule has 0 bridgehead atoms. The SMILES string of the molecule is Cc1ccc(Cn2nc(COCCCOCc3nn(Cc4ccc(C)cc4)c4c3Cc3cc(S(=O)(=O)O)sc3-4)c3c2-c2sccc2C3)cc1. The quantitative estimate of drug-likeness (QED) is 0.0979. The topological polar surface area (TPSA) is 108 Å². The van der Waals surface area contributed by atoms with E-state index in [9.17, 15) is 13.0 Å². The van der Waals surface area contributed by atoms with Gasteiger partial charge in [-0.1, -0.05) is 59.7 Å². The third kappa shape index (κ3) is 6.44. The third-order valence-electron chi connectivity index (χ3n) is 9.18. The Morgan fingerprint density at radius 2 is 1.29 bits per heavy atom. The second-order valence-corrected chi connectivity index (χ2v) is 16.4. The van der Waals surface area contributed by atoms with Crippen LogP contribution in [0.1, 0.15) is 62.3 Å². The first-order valence-electron chi connectivity index (χ1n) is 16.3. The van der Waals surface area contributed by atoms with Gasteiger partial charge in [0.15, 0.2) is 0 Å². The highest BCUT2D eigenvalue weighted by Crippen LogP contribution is 2.45. The Morgan fingerprint density at radius 3 is 1.84 bits per heavy atom. The van der Waals surface area contributed by atoms with Gasteiger partial charge in [-0.05, 0) is 60.0 Å². The molecule has 0 unspecified atom stereocenters. The molecule has 0 radical (unpaired) electrons. The average molecular weight is 713 g/mol. The summed E-state index contributed by atoms with van der Waals surface area (Å²) in [6.45, 7) is 7.32. The Bertz CT molecular complexity index is 2260. The molecule has 6 aromatic rings. The van der Waals surface area contributed by atoms with Gasteiger partial charge in [-0.3, -0.25) is 13.9 Å². The normalized spacial score (nSPS) is 13.1. The number of nitrogens with zero attached hydrogens (tertiary/aromatic N) is 4. The maximum absolute atomic E-state index is 11.9. The van der Waals surface area contributed by atoms with Gasteiger partial charge < -0.3 is 9.47 Å². The van der Waals surface area contributed by atoms with Crippen LogP contribution >= 0.6 is 22.7 Å². The Morgan fingerprint density at radius 1 is 0.755 bits per heavy atom. The summed E-state index contributed by atoms with van der Waals surface area (Å²) in [6.07, 6.45) is 2.19. The van der Waals surface area contributed by atoms with E-state index in [0.717, 1.165) is 69.4 Å². The average Bonchev–Trinajstić information content (AvgIpc) is 3.89. The molecule has 8 rings (SSSR count). The van der Waals surface area contributed by atoms with E-state index in [-0.39, 0.29) is 4.21 Å². The minimum Gasteiger partial charge on any atom is -0.375 e. The first-order chi connectivity index (χ1) is 23.7. The molecule has 0 saturated heterocycles. The van der Waals surface area contributed by atoms with Crippen LogP contribution < -0.4 is 0 Å². The largest absolute Gasteiger partial charge is 0.375 e. The van der Waals surface area contributed by atoms with Crippen LogP contribution in [0.4, 0.5) is 0 Å². The number of rotatable bonds is 13. The second kappa shape index (κ2) is 13.1. The lowest BCUT2D eigenvalue weighted by Crippen LogP contribution is -2.06. The summed E-state index contributed by atoms with van der Waals surface area (Å²) in [5.74, 6) is 0. The predicted octanol–water partition coefficient (Wildman–Crippen LogP) is 7.43. The number of hydrogen-bond donors (Lipinski definition) is 1. The molecule has 2 aliphatic carbocycles. The fraction of sp³-hybridized carbons (Fsp3) is 0.297. The zero-order valence-corrected chi connectivity index (χ0v) is 29.8. The van der Waals surface area contributed by atoms with E-state index in [0.29, 0.717) is 39.4 Å². The molecule has 49 heavy (non-hydrogen) atoms. The lowest BCUT2D eigenvalue weighted by atomic mass is 10.1. The summed E-state index contributed by atoms with van der Waals surface area (Å²) in [4.78, 5) is 2.15. The van der Waals surface area contributed by atoms with E-state index in [4.69, 9.17) is 19.7 Å². The van der Waals surface area contributed by atoms with Crippen molar-refractivity contribution in [3.8, 4) is 21.1 Å². The molecule has 0 saturated carbocycles. The van der Waals surface area contributed by atoms with E-state index in [1.807, 2.05) is 4.68 Å². The standard InChI is InChI=1S/C37H36N4O5S3/c1-23-4-8-25(9-5-23)19-40-34-29(16-27-12-15-47-36(27)34)31(38-40)21-45-13-3-14-46-22-32-30-17-28-18-33(49(42,43)44)48-37(28)35(30)41(39-32)20-26-10-6-24(2)7-11-26/h4-12,15,18H,3,13-14,16-17,19-22H2,1-2H3,(H,42,43,44). The van der Waals surface area contributed by atoms with Crippen LogP contribution in [0.3, 0.4) is 0 Å². The summed E-state index contributed by atoms with van der Waals surface area (Å²) in [7, 11) is -4.27. The minimum absolute atomic E-state index is 0.0388. The Balaban J connectivity index is 0.900. The van der Waals surface area contributed by atoms with Gasteiger partial charge in [0.05, 0.1) is 58.8 Å². The monoisotopic (exact) mass is 712 g/mol. The second-order valence-electron chi connectivity index (χ2n) is 12.8. The number of fused-ring (bicyclic) bond motifs is 6. The smallest absolute Gasteiger partial charge is 0.304 e. The molecular formula is C37H36N4O5S3. The fourth-order valence-electron chi connectivity index (χ4n) is 6.70. The first kappa shape index (κ1) is 32.3. The van der Waals surface area contributed by atoms with Crippen LogP contribution in [0.2, 0.25) is 0 Å². The van der Waals surface area contributed by atoms with Crippen LogP contribution in [0.5, 0.6) is 0 Å². The summed E-state index contributed by atoms with van der Waals surface area (Å²) in [5.41, 5.74) is 13.3. The van der Waals surface area contributed by atoms with Crippen LogP contribution in [-0.2, 0) is 58.7 Å². The number of thiophene rings is 2. The Kier molecular flexibility index (Phi) is 8.63. The van der Waals surface area contributed by atoms with E-state index < -0.39 is 10.1 Å². The summed E-state index contributed by atoms with van der Waals surface area (Å²) in [5, 5.41) is 12.1. The van der Waals surface area contributed by atoms with Crippen LogP contribution in [0.15, 0.2) is 70.3 Å². The van der Waals surface area contributed by atoms with Crippen molar-refractivity contribution in [2.45, 2.75) is 63.6 Å². The summed E-state index contributed by atoms with van der Waals surface area (Å²) in [6, 6.07) is 20.7. The lowest BCUT2D eigenvalue weighted by molar-refractivity contribution is 0.0667. The highest BCUT2D eigenvalue weighted by molar-refractivity contribution is 7.88. The molecule has 0 amide bonds. The molecule has 0 spiro atoms. The van der Waals surface area contributed by atoms with E-state index in [1.54, 1.807) is 17.4 Å². The van der Waals surface area contributed by atoms with Crippen molar-refractivity contribution >= 4 is 32.8 Å². The molecule has 252 valence electrons. The Hall–Kier alpha value is -3.91. The lowest BCUT2D eigenvalue weighted by Gasteiger charge is -2.07. The van der Waals surface area contributed by atoms with Crippen molar-refractivity contribution in [1.29, 1.82) is 0 Å². The number of benzene rings is 2. The van der Waals surface area contributed by atoms with Gasteiger partial charge in [0.1, 0.15) is 4.21 Å². The van der Waals surface area contributed by atoms with Gasteiger partial charge in [-0.25, -0.2) is 0 Å². The van der Waals surface area contributed by atoms with E-state index in [2.05, 4.69) is 78.5 Å². The molecule has 2 aromatic carbocycles. The molecule has 0 aliphatic heterocycles. The molecule has 12 heteroatoms. The van der Waals surface area contributed by atoms with E-state index in [1.165, 1.54) is 38.4 Å². The molecule has 9 nitrogen and oxygen atoms in total. The van der Waals surface area contributed by atoms with Gasteiger partial charge in [0.25, 0.3) is 0 Å². The molecule has 2 aliphatic rings. The van der Waals surface area contributed by atoms with Gasteiger partial charge >= 0.3 is 10.1 Å². The molecule has 4 aromatic heterocycles. The summed E-state index contributed by atoms with van der Waals surface area (Å²) >= 11 is 2.87. The minimum atomic E-state index is -4.27. The maximum Gasteiger partial charge on any atom is 0.304 e. The molecule has 4 heterocycles. The highest BCUT2D eigenvalue weighted by Gasteiger charge is 2.32. The zero-order valence-electron chi connectivity index (χ0n) is 27.3. The van der Waals surface area contributed by atoms with Crippen molar-refractivity contribution in [2.24, 2.45) is 0 Å². The Labute approximate surface area is 293 Å².